The lowest BCUT2D eigenvalue weighted by molar-refractivity contribution is -0.153. The van der Waals surface area contributed by atoms with Crippen LogP contribution in [0.15, 0.2) is 24.3 Å². The zero-order chi connectivity index (χ0) is 17.7. The number of urea groups is 1. The molecule has 1 fully saturated rings. The van der Waals surface area contributed by atoms with Crippen molar-refractivity contribution in [3.05, 3.63) is 29.3 Å². The van der Waals surface area contributed by atoms with E-state index in [2.05, 4.69) is 16.0 Å². The number of anilines is 1. The smallest absolute Gasteiger partial charge is 0.322 e. The minimum Gasteiger partial charge on any atom is -0.453 e. The standard InChI is InChI=1S/C15H16ClN3O5/c1-8(13(21)17-10-4-2-9(16)3-5-10)24-12(20)7-6-11-14(22)19-15(23)18-11/h2-5,8,11H,6-7H2,1H3,(H,17,21)(H2,18,19,22,23)/t8-,11-/m0/s1. The number of rotatable bonds is 6. The Labute approximate surface area is 142 Å². The third-order valence-electron chi connectivity index (χ3n) is 3.28. The van der Waals surface area contributed by atoms with Crippen molar-refractivity contribution in [3.63, 3.8) is 0 Å². The summed E-state index contributed by atoms with van der Waals surface area (Å²) in [6.45, 7) is 1.44. The molecular formula is C15H16ClN3O5. The Morgan fingerprint density at radius 3 is 2.54 bits per heavy atom. The van der Waals surface area contributed by atoms with E-state index in [0.29, 0.717) is 10.7 Å². The molecule has 1 aromatic carbocycles. The van der Waals surface area contributed by atoms with Gasteiger partial charge in [-0.1, -0.05) is 11.6 Å². The molecule has 24 heavy (non-hydrogen) atoms. The van der Waals surface area contributed by atoms with E-state index in [1.54, 1.807) is 24.3 Å². The van der Waals surface area contributed by atoms with Gasteiger partial charge in [0.05, 0.1) is 0 Å². The maximum atomic E-state index is 11.9. The van der Waals surface area contributed by atoms with Crippen molar-refractivity contribution >= 4 is 41.1 Å². The van der Waals surface area contributed by atoms with Crippen molar-refractivity contribution in [1.82, 2.24) is 10.6 Å². The summed E-state index contributed by atoms with van der Waals surface area (Å²) >= 11 is 5.75. The molecule has 8 nitrogen and oxygen atoms in total. The van der Waals surface area contributed by atoms with Gasteiger partial charge in [-0.15, -0.1) is 0 Å². The van der Waals surface area contributed by atoms with Gasteiger partial charge in [-0.25, -0.2) is 4.79 Å². The molecule has 0 saturated carbocycles. The van der Waals surface area contributed by atoms with Crippen molar-refractivity contribution in [1.29, 1.82) is 0 Å². The van der Waals surface area contributed by atoms with Crippen LogP contribution in [0.3, 0.4) is 0 Å². The fourth-order valence-corrected chi connectivity index (χ4v) is 2.14. The van der Waals surface area contributed by atoms with Crippen LogP contribution < -0.4 is 16.0 Å². The van der Waals surface area contributed by atoms with Crippen molar-refractivity contribution in [2.24, 2.45) is 0 Å². The molecule has 1 aliphatic rings. The molecule has 2 atom stereocenters. The Morgan fingerprint density at radius 1 is 1.29 bits per heavy atom. The van der Waals surface area contributed by atoms with Gasteiger partial charge in [0.25, 0.3) is 11.8 Å². The highest BCUT2D eigenvalue weighted by Crippen LogP contribution is 2.14. The molecule has 4 amide bonds. The van der Waals surface area contributed by atoms with Crippen molar-refractivity contribution < 1.29 is 23.9 Å². The van der Waals surface area contributed by atoms with Crippen molar-refractivity contribution in [3.8, 4) is 0 Å². The molecule has 1 aromatic rings. The van der Waals surface area contributed by atoms with E-state index in [4.69, 9.17) is 16.3 Å². The number of esters is 1. The van der Waals surface area contributed by atoms with Crippen LogP contribution in [0.4, 0.5) is 10.5 Å². The topological polar surface area (TPSA) is 114 Å². The minimum atomic E-state index is -1.000. The number of hydrogen-bond donors (Lipinski definition) is 3. The predicted octanol–water partition coefficient (Wildman–Crippen LogP) is 1.20. The highest BCUT2D eigenvalue weighted by Gasteiger charge is 2.30. The number of amides is 4. The molecule has 1 saturated heterocycles. The molecule has 0 aromatic heterocycles. The summed E-state index contributed by atoms with van der Waals surface area (Å²) in [5, 5.41) is 7.57. The summed E-state index contributed by atoms with van der Waals surface area (Å²) in [6.07, 6.45) is -1.00. The number of halogens is 1. The van der Waals surface area contributed by atoms with Crippen LogP contribution in [0.25, 0.3) is 0 Å². The number of carbonyl (C=O) groups excluding carboxylic acids is 4. The Bertz CT molecular complexity index is 662. The molecule has 2 rings (SSSR count). The Morgan fingerprint density at radius 2 is 1.96 bits per heavy atom. The van der Waals surface area contributed by atoms with E-state index >= 15 is 0 Å². The monoisotopic (exact) mass is 353 g/mol. The normalized spacial score (nSPS) is 17.7. The van der Waals surface area contributed by atoms with Gasteiger partial charge in [0.1, 0.15) is 6.04 Å². The maximum Gasteiger partial charge on any atom is 0.322 e. The fourth-order valence-electron chi connectivity index (χ4n) is 2.01. The van der Waals surface area contributed by atoms with Crippen LogP contribution in [-0.2, 0) is 19.1 Å². The second kappa shape index (κ2) is 7.78. The SMILES string of the molecule is C[C@H](OC(=O)CC[C@@H]1NC(=O)NC1=O)C(=O)Nc1ccc(Cl)cc1. The Hall–Kier alpha value is -2.61. The predicted molar refractivity (Wildman–Crippen MR) is 85.3 cm³/mol. The minimum absolute atomic E-state index is 0.0991. The average molecular weight is 354 g/mol. The van der Waals surface area contributed by atoms with Crippen LogP contribution in [0.5, 0.6) is 0 Å². The molecule has 9 heteroatoms. The zero-order valence-corrected chi connectivity index (χ0v) is 13.6. The number of benzene rings is 1. The lowest BCUT2D eigenvalue weighted by Crippen LogP contribution is -2.32. The number of hydrogen-bond acceptors (Lipinski definition) is 5. The van der Waals surface area contributed by atoms with Crippen LogP contribution >= 0.6 is 11.6 Å². The lowest BCUT2D eigenvalue weighted by atomic mass is 10.1. The number of carbonyl (C=O) groups is 4. The highest BCUT2D eigenvalue weighted by molar-refractivity contribution is 6.30. The summed E-state index contributed by atoms with van der Waals surface area (Å²) in [4.78, 5) is 46.0. The van der Waals surface area contributed by atoms with Gasteiger partial charge in [0, 0.05) is 17.1 Å². The van der Waals surface area contributed by atoms with Crippen LogP contribution in [0.2, 0.25) is 5.02 Å². The summed E-state index contributed by atoms with van der Waals surface area (Å²) in [6, 6.07) is 5.13. The van der Waals surface area contributed by atoms with E-state index in [9.17, 15) is 19.2 Å². The van der Waals surface area contributed by atoms with Gasteiger partial charge in [0.2, 0.25) is 0 Å². The van der Waals surface area contributed by atoms with E-state index in [1.165, 1.54) is 6.92 Å². The molecule has 0 spiro atoms. The summed E-state index contributed by atoms with van der Waals surface area (Å²) < 4.78 is 5.01. The van der Waals surface area contributed by atoms with Gasteiger partial charge in [-0.05, 0) is 37.6 Å². The summed E-state index contributed by atoms with van der Waals surface area (Å²) in [7, 11) is 0. The second-order valence-electron chi connectivity index (χ2n) is 5.18. The third kappa shape index (κ3) is 4.95. The largest absolute Gasteiger partial charge is 0.453 e. The molecule has 128 valence electrons. The van der Waals surface area contributed by atoms with Gasteiger partial charge >= 0.3 is 12.0 Å². The molecule has 0 unspecified atom stereocenters. The first-order valence-electron chi connectivity index (χ1n) is 7.22. The van der Waals surface area contributed by atoms with Gasteiger partial charge in [-0.2, -0.15) is 0 Å². The fraction of sp³-hybridized carbons (Fsp3) is 0.333. The quantitative estimate of drug-likeness (QED) is 0.525. The lowest BCUT2D eigenvalue weighted by Gasteiger charge is -2.14. The molecule has 1 heterocycles. The van der Waals surface area contributed by atoms with Crippen molar-refractivity contribution in [2.75, 3.05) is 5.32 Å². The van der Waals surface area contributed by atoms with Gasteiger partial charge < -0.3 is 15.4 Å². The summed E-state index contributed by atoms with van der Waals surface area (Å²) in [5.41, 5.74) is 0.526. The Kier molecular flexibility index (Phi) is 5.75. The third-order valence-corrected chi connectivity index (χ3v) is 3.54. The molecule has 3 N–H and O–H groups in total. The molecule has 0 radical (unpaired) electrons. The van der Waals surface area contributed by atoms with E-state index in [1.807, 2.05) is 0 Å². The maximum absolute atomic E-state index is 11.9. The van der Waals surface area contributed by atoms with E-state index < -0.39 is 36.0 Å². The Balaban J connectivity index is 1.76. The zero-order valence-electron chi connectivity index (χ0n) is 12.8. The van der Waals surface area contributed by atoms with Crippen molar-refractivity contribution in [2.45, 2.75) is 31.9 Å². The van der Waals surface area contributed by atoms with E-state index in [-0.39, 0.29) is 12.8 Å². The first-order chi connectivity index (χ1) is 11.3. The van der Waals surface area contributed by atoms with Crippen LogP contribution in [0, 0.1) is 0 Å². The molecular weight excluding hydrogens is 338 g/mol. The second-order valence-corrected chi connectivity index (χ2v) is 5.62. The number of nitrogens with one attached hydrogen (secondary N) is 3. The number of ether oxygens (including phenoxy) is 1. The van der Waals surface area contributed by atoms with E-state index in [0.717, 1.165) is 0 Å². The molecule has 0 bridgehead atoms. The van der Waals surface area contributed by atoms with Crippen LogP contribution in [0.1, 0.15) is 19.8 Å². The average Bonchev–Trinajstić information content (AvgIpc) is 2.85. The van der Waals surface area contributed by atoms with Gasteiger partial charge in [-0.3, -0.25) is 19.7 Å². The molecule has 1 aliphatic heterocycles. The van der Waals surface area contributed by atoms with Gasteiger partial charge in [0.15, 0.2) is 6.10 Å². The summed E-state index contributed by atoms with van der Waals surface area (Å²) in [5.74, 6) is -1.61. The first-order valence-corrected chi connectivity index (χ1v) is 7.60. The number of imide groups is 1. The molecule has 0 aliphatic carbocycles. The first kappa shape index (κ1) is 17.7. The highest BCUT2D eigenvalue weighted by atomic mass is 35.5. The van der Waals surface area contributed by atoms with Crippen LogP contribution in [-0.4, -0.2) is 36.0 Å².